The molecule has 0 saturated heterocycles. The summed E-state index contributed by atoms with van der Waals surface area (Å²) in [5.74, 6) is 0.728. The van der Waals surface area contributed by atoms with Crippen LogP contribution >= 0.6 is 0 Å². The van der Waals surface area contributed by atoms with Gasteiger partial charge >= 0.3 is 0 Å². The Bertz CT molecular complexity index is 4630. The predicted molar refractivity (Wildman–Crippen MR) is 301 cm³/mol. The van der Waals surface area contributed by atoms with E-state index in [0.717, 1.165) is 55.4 Å². The number of fused-ring (bicyclic) bond motifs is 4. The van der Waals surface area contributed by atoms with Gasteiger partial charge in [0.1, 0.15) is 5.82 Å². The smallest absolute Gasteiger partial charge is 0.135 e. The number of nitrogens with zero attached hydrogens (tertiary/aromatic N) is 4. The molecule has 0 fully saturated rings. The number of hydrogen-bond donors (Lipinski definition) is 0. The molecule has 3 heterocycles. The van der Waals surface area contributed by atoms with Crippen LogP contribution in [-0.2, 0) is 38.3 Å². The second-order valence-electron chi connectivity index (χ2n) is 19.3. The molecule has 73 heavy (non-hydrogen) atoms. The normalized spacial score (nSPS) is 15.8. The fraction of sp³-hybridized carbons (Fsp3) is 0.118. The zero-order chi connectivity index (χ0) is 63.8. The zero-order valence-corrected chi connectivity index (χ0v) is 42.7. The maximum atomic E-state index is 10.2. The SMILES string of the molecule is [2H]c1c([2H])c([2H])c(-c2c([2H])c(-c3c([2H])c([2H])c([2H])c([2H])c3[2H])c(N3[CH-]N(c4[c-]c(Cc5[c-]c6c(cc5)c5ccccc5n6-c5cc(C(C)(C)c6ccccc6)ccn5)cc(C(C)(C)C)c4)c4ccccc43)c(-c3c([2H])c([2H])c([2H])c([2H])c3[2H])c2[2H])c([2H])c1[2H].[Pt]. The second-order valence-corrected chi connectivity index (χ2v) is 19.3. The van der Waals surface area contributed by atoms with E-state index in [1.807, 2.05) is 54.7 Å². The van der Waals surface area contributed by atoms with Crippen molar-refractivity contribution in [3.05, 3.63) is 271 Å². The Morgan fingerprint density at radius 2 is 1.14 bits per heavy atom. The molecule has 1 aliphatic heterocycles. The van der Waals surface area contributed by atoms with Crippen molar-refractivity contribution in [3.8, 4) is 39.2 Å². The van der Waals surface area contributed by atoms with Gasteiger partial charge in [-0.05, 0) is 93.0 Å². The first kappa shape index (κ1) is 31.6. The van der Waals surface area contributed by atoms with E-state index in [9.17, 15) is 8.22 Å². The molecule has 0 spiro atoms. The molecule has 11 aromatic rings. The van der Waals surface area contributed by atoms with Crippen molar-refractivity contribution in [2.45, 2.75) is 51.9 Å². The van der Waals surface area contributed by atoms with Gasteiger partial charge in [0.15, 0.2) is 0 Å². The standard InChI is InChI=1S/C68H55N4.Pt/c1-67(2,3)55-39-48(38-47-34-35-58-57-30-18-19-31-61(57)72(64(58)41-47)65-45-54(36-37-69-65)68(4,5)53-28-16-9-17-29-53)40-56(44-55)70-46-71(63-33-21-20-32-62(63)70)66-59(50-24-12-7-13-25-50)42-52(49-22-10-6-11-23-49)43-60(66)51-26-14-8-15-27-51;/h6-37,39,42-46H,38H2,1-5H3;/q-3;/i6D,7D,8D,10D,11D,12D,13D,14D,15D,22D,23D,24D,25D,26D,27D,42D,43D;. The summed E-state index contributed by atoms with van der Waals surface area (Å²) in [4.78, 5) is 8.20. The number of hydrogen-bond acceptors (Lipinski definition) is 3. The summed E-state index contributed by atoms with van der Waals surface area (Å²) in [6, 6.07) is 31.3. The maximum Gasteiger partial charge on any atom is 0.135 e. The summed E-state index contributed by atoms with van der Waals surface area (Å²) in [5.41, 5.74) is 2.92. The van der Waals surface area contributed by atoms with Crippen LogP contribution < -0.4 is 9.80 Å². The summed E-state index contributed by atoms with van der Waals surface area (Å²) >= 11 is 0. The molecular formula is C68H55N4Pt-3. The number of pyridine rings is 1. The van der Waals surface area contributed by atoms with Crippen LogP contribution in [0.15, 0.2) is 224 Å². The predicted octanol–water partition coefficient (Wildman–Crippen LogP) is 17.4. The third kappa shape index (κ3) is 8.89. The Morgan fingerprint density at radius 1 is 0.534 bits per heavy atom. The molecule has 0 amide bonds. The molecule has 0 unspecified atom stereocenters. The monoisotopic (exact) mass is 1140 g/mol. The number of anilines is 4. The molecule has 2 aromatic heterocycles. The first-order chi connectivity index (χ1) is 42.1. The van der Waals surface area contributed by atoms with Crippen molar-refractivity contribution >= 4 is 44.6 Å². The first-order valence-electron chi connectivity index (χ1n) is 32.1. The molecule has 0 N–H and O–H groups in total. The summed E-state index contributed by atoms with van der Waals surface area (Å²) < 4.78 is 157. The summed E-state index contributed by atoms with van der Waals surface area (Å²) in [6.07, 6.45) is 2.18. The Labute approximate surface area is 468 Å². The Hall–Kier alpha value is -7.78. The van der Waals surface area contributed by atoms with Gasteiger partial charge in [-0.1, -0.05) is 191 Å². The Balaban J connectivity index is 0.00000833. The van der Waals surface area contributed by atoms with Crippen molar-refractivity contribution in [2.24, 2.45) is 0 Å². The molecule has 0 bridgehead atoms. The minimum absolute atomic E-state index is 0. The number of para-hydroxylation sites is 3. The first-order valence-corrected chi connectivity index (χ1v) is 23.6. The van der Waals surface area contributed by atoms with Gasteiger partial charge in [0.25, 0.3) is 0 Å². The van der Waals surface area contributed by atoms with E-state index in [2.05, 4.69) is 93.8 Å². The van der Waals surface area contributed by atoms with Gasteiger partial charge in [-0.15, -0.1) is 23.8 Å². The van der Waals surface area contributed by atoms with Gasteiger partial charge in [0.2, 0.25) is 0 Å². The summed E-state index contributed by atoms with van der Waals surface area (Å²) in [7, 11) is 0. The average Bonchev–Trinajstić information content (AvgIpc) is 1.04. The van der Waals surface area contributed by atoms with Crippen molar-refractivity contribution in [3.63, 3.8) is 0 Å². The number of benzene rings is 9. The van der Waals surface area contributed by atoms with Crippen molar-refractivity contribution in [1.29, 1.82) is 0 Å². The molecule has 12 rings (SSSR count). The van der Waals surface area contributed by atoms with Crippen molar-refractivity contribution < 1.29 is 44.4 Å². The molecule has 9 aromatic carbocycles. The van der Waals surface area contributed by atoms with E-state index in [-0.39, 0.29) is 32.2 Å². The third-order valence-corrected chi connectivity index (χ3v) is 13.3. The van der Waals surface area contributed by atoms with Crippen LogP contribution in [0.4, 0.5) is 22.7 Å². The van der Waals surface area contributed by atoms with Crippen LogP contribution in [0.2, 0.25) is 0 Å². The van der Waals surface area contributed by atoms with Crippen LogP contribution in [0.3, 0.4) is 0 Å². The largest absolute Gasteiger partial charge is 0.493 e. The number of aromatic nitrogens is 2. The Kier molecular flexibility index (Phi) is 8.38. The molecule has 0 aliphatic carbocycles. The molecule has 360 valence electrons. The molecule has 4 nitrogen and oxygen atoms in total. The van der Waals surface area contributed by atoms with Gasteiger partial charge in [0.05, 0.1) is 23.3 Å². The molecular weight excluding hydrogens is 1070 g/mol. The van der Waals surface area contributed by atoms with Gasteiger partial charge in [-0.25, -0.2) is 4.98 Å². The second kappa shape index (κ2) is 19.3. The van der Waals surface area contributed by atoms with Gasteiger partial charge < -0.3 is 14.4 Å². The Morgan fingerprint density at radius 3 is 1.79 bits per heavy atom. The van der Waals surface area contributed by atoms with Gasteiger partial charge in [-0.3, -0.25) is 0 Å². The summed E-state index contributed by atoms with van der Waals surface area (Å²) in [6.45, 7) is 12.2. The molecule has 0 atom stereocenters. The van der Waals surface area contributed by atoms with Crippen LogP contribution in [0, 0.1) is 18.8 Å². The minimum atomic E-state index is -0.857. The van der Waals surface area contributed by atoms with Crippen LogP contribution in [0.1, 0.15) is 85.7 Å². The fourth-order valence-corrected chi connectivity index (χ4v) is 9.56. The maximum absolute atomic E-state index is 10.2. The van der Waals surface area contributed by atoms with Crippen molar-refractivity contribution in [1.82, 2.24) is 9.55 Å². The van der Waals surface area contributed by atoms with E-state index in [4.69, 9.17) is 20.1 Å². The molecule has 0 saturated carbocycles. The average molecular weight is 1140 g/mol. The molecule has 0 radical (unpaired) electrons. The topological polar surface area (TPSA) is 24.3 Å². The van der Waals surface area contributed by atoms with Crippen LogP contribution in [-0.4, -0.2) is 9.55 Å². The molecule has 5 heteroatoms. The summed E-state index contributed by atoms with van der Waals surface area (Å²) in [5, 5.41) is 2.01. The van der Waals surface area contributed by atoms with Crippen LogP contribution in [0.25, 0.3) is 61.0 Å². The quantitative estimate of drug-likeness (QED) is 0.128. The fourth-order valence-electron chi connectivity index (χ4n) is 9.56. The zero-order valence-electron chi connectivity index (χ0n) is 57.4. The van der Waals surface area contributed by atoms with Crippen LogP contribution in [0.5, 0.6) is 0 Å². The van der Waals surface area contributed by atoms with E-state index < -0.39 is 142 Å². The number of rotatable bonds is 10. The van der Waals surface area contributed by atoms with Crippen molar-refractivity contribution in [2.75, 3.05) is 9.80 Å². The van der Waals surface area contributed by atoms with Gasteiger partial charge in [-0.2, -0.15) is 47.0 Å². The van der Waals surface area contributed by atoms with Gasteiger partial charge in [0, 0.05) is 66.4 Å². The van der Waals surface area contributed by atoms with E-state index in [0.29, 0.717) is 23.5 Å². The minimum Gasteiger partial charge on any atom is -0.493 e. The van der Waals surface area contributed by atoms with E-state index in [1.165, 1.54) is 4.90 Å². The third-order valence-electron chi connectivity index (χ3n) is 13.3. The molecule has 1 aliphatic rings. The van der Waals surface area contributed by atoms with E-state index >= 15 is 0 Å². The van der Waals surface area contributed by atoms with E-state index in [1.54, 1.807) is 35.8 Å².